The van der Waals surface area contributed by atoms with Gasteiger partial charge in [0, 0.05) is 25.5 Å². The largest absolute Gasteiger partial charge is 0.433 e. The number of nitrogens with one attached hydrogen (secondary N) is 1. The summed E-state index contributed by atoms with van der Waals surface area (Å²) in [6.07, 6.45) is -4.51. The minimum absolute atomic E-state index is 0.0684. The number of nitrogens with zero attached hydrogens (tertiary/aromatic N) is 4. The molecule has 2 aromatic heterocycles. The van der Waals surface area contributed by atoms with E-state index < -0.39 is 11.9 Å². The molecule has 0 unspecified atom stereocenters. The summed E-state index contributed by atoms with van der Waals surface area (Å²) in [6, 6.07) is 0.931. The summed E-state index contributed by atoms with van der Waals surface area (Å²) >= 11 is 1.49. The summed E-state index contributed by atoms with van der Waals surface area (Å²) in [5, 5.41) is 5.32. The lowest BCUT2D eigenvalue weighted by atomic mass is 10.3. The van der Waals surface area contributed by atoms with Gasteiger partial charge in [0.05, 0.1) is 17.2 Å². The van der Waals surface area contributed by atoms with Gasteiger partial charge in [0.2, 0.25) is 5.95 Å². The molecule has 0 atom stereocenters. The van der Waals surface area contributed by atoms with Gasteiger partial charge in [0.25, 0.3) is 0 Å². The molecule has 0 aliphatic heterocycles. The fourth-order valence-corrected chi connectivity index (χ4v) is 2.30. The van der Waals surface area contributed by atoms with Gasteiger partial charge >= 0.3 is 6.18 Å². The van der Waals surface area contributed by atoms with Gasteiger partial charge in [-0.05, 0) is 6.92 Å². The summed E-state index contributed by atoms with van der Waals surface area (Å²) in [6.45, 7) is 2.25. The molecule has 0 amide bonds. The molecule has 0 fully saturated rings. The fraction of sp³-hybridized carbons (Fsp3) is 0.417. The molecule has 2 rings (SSSR count). The van der Waals surface area contributed by atoms with Gasteiger partial charge in [-0.25, -0.2) is 9.97 Å². The molecular formula is C12H14F3N5S. The maximum atomic E-state index is 12.8. The van der Waals surface area contributed by atoms with Gasteiger partial charge in [0.15, 0.2) is 5.69 Å². The third-order valence-corrected chi connectivity index (χ3v) is 3.51. The lowest BCUT2D eigenvalue weighted by Gasteiger charge is -2.19. The van der Waals surface area contributed by atoms with Crippen molar-refractivity contribution < 1.29 is 13.2 Å². The molecular weight excluding hydrogens is 303 g/mol. The molecule has 1 N–H and O–H groups in total. The minimum atomic E-state index is -4.51. The Kier molecular flexibility index (Phi) is 4.31. The summed E-state index contributed by atoms with van der Waals surface area (Å²) in [7, 11) is 3.14. The van der Waals surface area contributed by atoms with Crippen LogP contribution in [0.2, 0.25) is 0 Å². The van der Waals surface area contributed by atoms with E-state index in [-0.39, 0.29) is 11.8 Å². The van der Waals surface area contributed by atoms with Crippen LogP contribution in [0.15, 0.2) is 11.4 Å². The second-order valence-electron chi connectivity index (χ2n) is 4.40. The standard InChI is InChI=1S/C12H14F3N5S/c1-7-17-8(6-21-7)5-20(3)10-4-9(12(13,14)15)18-11(16-2)19-10/h4,6H,5H2,1-3H3,(H,16,18,19). The predicted molar refractivity (Wildman–Crippen MR) is 75.5 cm³/mol. The van der Waals surface area contributed by atoms with Crippen molar-refractivity contribution in [2.75, 3.05) is 24.3 Å². The Balaban J connectivity index is 2.29. The average molecular weight is 317 g/mol. The Morgan fingerprint density at radius 2 is 2.00 bits per heavy atom. The highest BCUT2D eigenvalue weighted by Crippen LogP contribution is 2.30. The summed E-state index contributed by atoms with van der Waals surface area (Å²) in [4.78, 5) is 13.4. The number of rotatable bonds is 4. The van der Waals surface area contributed by atoms with Crippen LogP contribution in [0, 0.1) is 6.92 Å². The van der Waals surface area contributed by atoms with E-state index in [4.69, 9.17) is 0 Å². The summed E-state index contributed by atoms with van der Waals surface area (Å²) in [5.41, 5.74) is -0.184. The van der Waals surface area contributed by atoms with Crippen LogP contribution < -0.4 is 10.2 Å². The molecule has 0 radical (unpaired) electrons. The molecule has 114 valence electrons. The van der Waals surface area contributed by atoms with Crippen LogP contribution in [0.5, 0.6) is 0 Å². The maximum Gasteiger partial charge on any atom is 0.433 e. The Morgan fingerprint density at radius 1 is 1.29 bits per heavy atom. The van der Waals surface area contributed by atoms with Gasteiger partial charge in [-0.3, -0.25) is 0 Å². The third kappa shape index (κ3) is 3.81. The van der Waals surface area contributed by atoms with E-state index in [1.807, 2.05) is 12.3 Å². The second-order valence-corrected chi connectivity index (χ2v) is 5.46. The predicted octanol–water partition coefficient (Wildman–Crippen LogP) is 2.94. The Labute approximate surface area is 123 Å². The van der Waals surface area contributed by atoms with E-state index in [9.17, 15) is 13.2 Å². The van der Waals surface area contributed by atoms with Crippen molar-refractivity contribution in [2.45, 2.75) is 19.6 Å². The number of halogens is 3. The molecule has 2 heterocycles. The Hall–Kier alpha value is -1.90. The first-order valence-electron chi connectivity index (χ1n) is 6.06. The molecule has 0 saturated carbocycles. The molecule has 0 saturated heterocycles. The first kappa shape index (κ1) is 15.5. The van der Waals surface area contributed by atoms with Gasteiger partial charge in [-0.2, -0.15) is 18.2 Å². The van der Waals surface area contributed by atoms with Gasteiger partial charge in [-0.15, -0.1) is 11.3 Å². The Morgan fingerprint density at radius 3 is 2.52 bits per heavy atom. The van der Waals surface area contributed by atoms with Crippen LogP contribution in [0.4, 0.5) is 24.9 Å². The van der Waals surface area contributed by atoms with Crippen molar-refractivity contribution in [3.8, 4) is 0 Å². The number of aryl methyl sites for hydroxylation is 1. The van der Waals surface area contributed by atoms with Crippen LogP contribution in [0.25, 0.3) is 0 Å². The molecule has 0 aliphatic carbocycles. The first-order chi connectivity index (χ1) is 9.79. The van der Waals surface area contributed by atoms with Crippen LogP contribution >= 0.6 is 11.3 Å². The van der Waals surface area contributed by atoms with Gasteiger partial charge in [-0.1, -0.05) is 0 Å². The van der Waals surface area contributed by atoms with E-state index in [1.165, 1.54) is 18.4 Å². The van der Waals surface area contributed by atoms with Crippen LogP contribution in [0.3, 0.4) is 0 Å². The van der Waals surface area contributed by atoms with Crippen molar-refractivity contribution in [1.82, 2.24) is 15.0 Å². The lowest BCUT2D eigenvalue weighted by Crippen LogP contribution is -2.20. The van der Waals surface area contributed by atoms with Gasteiger partial charge in [0.1, 0.15) is 5.82 Å². The minimum Gasteiger partial charge on any atom is -0.357 e. The van der Waals surface area contributed by atoms with E-state index in [0.29, 0.717) is 6.54 Å². The van der Waals surface area contributed by atoms with E-state index in [0.717, 1.165) is 16.8 Å². The summed E-state index contributed by atoms with van der Waals surface area (Å²) in [5.74, 6) is 0.119. The highest BCUT2D eigenvalue weighted by atomic mass is 32.1. The van der Waals surface area contributed by atoms with E-state index >= 15 is 0 Å². The number of thiazole rings is 1. The second kappa shape index (κ2) is 5.84. The number of hydrogen-bond acceptors (Lipinski definition) is 6. The molecule has 0 aliphatic rings. The smallest absolute Gasteiger partial charge is 0.357 e. The topological polar surface area (TPSA) is 53.9 Å². The zero-order valence-corrected chi connectivity index (χ0v) is 12.5. The van der Waals surface area contributed by atoms with Crippen molar-refractivity contribution in [2.24, 2.45) is 0 Å². The zero-order chi connectivity index (χ0) is 15.6. The number of aromatic nitrogens is 3. The number of hydrogen-bond donors (Lipinski definition) is 1. The van der Waals surface area contributed by atoms with Gasteiger partial charge < -0.3 is 10.2 Å². The molecule has 9 heteroatoms. The fourth-order valence-electron chi connectivity index (χ4n) is 1.69. The van der Waals surface area contributed by atoms with Crippen LogP contribution in [-0.2, 0) is 12.7 Å². The first-order valence-corrected chi connectivity index (χ1v) is 6.93. The molecule has 5 nitrogen and oxygen atoms in total. The SMILES string of the molecule is CNc1nc(N(C)Cc2csc(C)n2)cc(C(F)(F)F)n1. The third-order valence-electron chi connectivity index (χ3n) is 2.68. The van der Waals surface area contributed by atoms with Crippen molar-refractivity contribution in [3.63, 3.8) is 0 Å². The Bertz CT molecular complexity index is 626. The lowest BCUT2D eigenvalue weighted by molar-refractivity contribution is -0.141. The maximum absolute atomic E-state index is 12.8. The molecule has 0 bridgehead atoms. The highest BCUT2D eigenvalue weighted by Gasteiger charge is 2.34. The van der Waals surface area contributed by atoms with E-state index in [1.54, 1.807) is 11.9 Å². The number of alkyl halides is 3. The molecule has 21 heavy (non-hydrogen) atoms. The zero-order valence-electron chi connectivity index (χ0n) is 11.7. The van der Waals surface area contributed by atoms with Crippen LogP contribution in [-0.4, -0.2) is 29.0 Å². The van der Waals surface area contributed by atoms with Crippen LogP contribution in [0.1, 0.15) is 16.4 Å². The normalized spacial score (nSPS) is 11.5. The van der Waals surface area contributed by atoms with E-state index in [2.05, 4.69) is 20.3 Å². The average Bonchev–Trinajstić information content (AvgIpc) is 2.82. The molecule has 0 spiro atoms. The molecule has 2 aromatic rings. The summed E-state index contributed by atoms with van der Waals surface area (Å²) < 4.78 is 38.5. The van der Waals surface area contributed by atoms with Crippen molar-refractivity contribution in [3.05, 3.63) is 27.8 Å². The van der Waals surface area contributed by atoms with Crippen molar-refractivity contribution >= 4 is 23.1 Å². The van der Waals surface area contributed by atoms with Crippen molar-refractivity contribution in [1.29, 1.82) is 0 Å². The molecule has 0 aromatic carbocycles. The highest BCUT2D eigenvalue weighted by molar-refractivity contribution is 7.09. The monoisotopic (exact) mass is 317 g/mol. The number of anilines is 2. The quantitative estimate of drug-likeness (QED) is 0.939.